The molecule has 0 spiro atoms. The molecule has 2 amide bonds. The number of benzene rings is 2. The van der Waals surface area contributed by atoms with E-state index in [1.165, 1.54) is 7.11 Å². The number of esters is 1. The van der Waals surface area contributed by atoms with Crippen LogP contribution in [-0.4, -0.2) is 42.9 Å². The zero-order valence-electron chi connectivity index (χ0n) is 18.0. The molecule has 3 aliphatic rings. The Labute approximate surface area is 199 Å². The molecule has 1 aliphatic heterocycles. The fourth-order valence-electron chi connectivity index (χ4n) is 5.37. The number of carbonyl (C=O) groups excluding carboxylic acids is 3. The van der Waals surface area contributed by atoms with Gasteiger partial charge in [0.15, 0.2) is 0 Å². The number of ether oxygens (including phenoxy) is 3. The lowest BCUT2D eigenvalue weighted by Gasteiger charge is -2.27. The molecule has 2 bridgehead atoms. The third-order valence-electron chi connectivity index (χ3n) is 6.90. The highest BCUT2D eigenvalue weighted by Crippen LogP contribution is 2.60. The molecule has 2 N–H and O–H groups in total. The lowest BCUT2D eigenvalue weighted by molar-refractivity contribution is -0.145. The van der Waals surface area contributed by atoms with Gasteiger partial charge in [0, 0.05) is 23.2 Å². The lowest BCUT2D eigenvalue weighted by atomic mass is 9.79. The van der Waals surface area contributed by atoms with Crippen molar-refractivity contribution < 1.29 is 28.6 Å². The highest BCUT2D eigenvalue weighted by atomic mass is 79.9. The fraction of sp³-hybridized carbons (Fsp3) is 0.375. The molecule has 33 heavy (non-hydrogen) atoms. The molecule has 0 unspecified atom stereocenters. The summed E-state index contributed by atoms with van der Waals surface area (Å²) in [5, 5.41) is 5.72. The van der Waals surface area contributed by atoms with Crippen LogP contribution < -0.4 is 20.1 Å². The Morgan fingerprint density at radius 2 is 1.79 bits per heavy atom. The average molecular weight is 515 g/mol. The summed E-state index contributed by atoms with van der Waals surface area (Å²) in [5.41, 5.74) is 1.47. The fourth-order valence-corrected chi connectivity index (χ4v) is 6.41. The van der Waals surface area contributed by atoms with Crippen LogP contribution in [-0.2, 0) is 14.3 Å². The maximum atomic E-state index is 13.0. The van der Waals surface area contributed by atoms with Crippen LogP contribution in [0.5, 0.6) is 11.5 Å². The number of alkyl halides is 1. The van der Waals surface area contributed by atoms with Gasteiger partial charge in [-0.25, -0.2) is 0 Å². The minimum atomic E-state index is -0.408. The second-order valence-corrected chi connectivity index (χ2v) is 9.61. The zero-order chi connectivity index (χ0) is 23.3. The molecule has 1 heterocycles. The standard InChI is InChI=1S/C24H23BrN2O6/c1-31-13-7-8-17(32-2)16(9-13)27-22(28)11-3-5-12(6-4-11)26-23(29)18-14-10-15-19(18)24(30)33-21(15)20(14)25/h3-9,14-15,18-21H,10H2,1-2H3,(H,26,29)(H,27,28)/t14-,15-,18-,19+,20+,21+/m1/s1. The summed E-state index contributed by atoms with van der Waals surface area (Å²) in [5.74, 6) is -0.256. The monoisotopic (exact) mass is 514 g/mol. The average Bonchev–Trinajstić information content (AvgIpc) is 3.43. The van der Waals surface area contributed by atoms with Crippen LogP contribution >= 0.6 is 15.9 Å². The second kappa shape index (κ2) is 8.37. The van der Waals surface area contributed by atoms with Gasteiger partial charge in [-0.2, -0.15) is 0 Å². The van der Waals surface area contributed by atoms with E-state index in [1.54, 1.807) is 49.6 Å². The number of amides is 2. The Balaban J connectivity index is 1.26. The number of nitrogens with one attached hydrogen (secondary N) is 2. The minimum Gasteiger partial charge on any atom is -0.497 e. The SMILES string of the molecule is COc1ccc(OC)c(NC(=O)c2ccc(NC(=O)[C@@H]3[C@H]4C[C@H]5[C@H](OC(=O)[C@@H]53)[C@H]4Br)cc2)c1. The maximum Gasteiger partial charge on any atom is 0.310 e. The molecule has 3 fully saturated rings. The molecule has 172 valence electrons. The molecule has 2 aromatic carbocycles. The van der Waals surface area contributed by atoms with E-state index < -0.39 is 5.92 Å². The number of anilines is 2. The molecule has 1 saturated heterocycles. The molecular formula is C24H23BrN2O6. The Bertz CT molecular complexity index is 1120. The number of fused-ring (bicyclic) bond motifs is 1. The third kappa shape index (κ3) is 3.64. The van der Waals surface area contributed by atoms with E-state index in [1.807, 2.05) is 0 Å². The van der Waals surface area contributed by atoms with Gasteiger partial charge in [-0.15, -0.1) is 0 Å². The second-order valence-electron chi connectivity index (χ2n) is 8.55. The van der Waals surface area contributed by atoms with Crippen molar-refractivity contribution in [2.45, 2.75) is 17.4 Å². The highest BCUT2D eigenvalue weighted by Gasteiger charge is 2.67. The smallest absolute Gasteiger partial charge is 0.310 e. The largest absolute Gasteiger partial charge is 0.497 e. The number of carbonyl (C=O) groups is 3. The minimum absolute atomic E-state index is 0.0145. The van der Waals surface area contributed by atoms with Gasteiger partial charge in [-0.1, -0.05) is 15.9 Å². The van der Waals surface area contributed by atoms with E-state index in [0.29, 0.717) is 28.4 Å². The quantitative estimate of drug-likeness (QED) is 0.451. The molecule has 2 saturated carbocycles. The van der Waals surface area contributed by atoms with Crippen LogP contribution in [0.4, 0.5) is 11.4 Å². The number of rotatable bonds is 6. The first-order valence-electron chi connectivity index (χ1n) is 10.7. The van der Waals surface area contributed by atoms with Gasteiger partial charge in [0.1, 0.15) is 17.6 Å². The number of hydrogen-bond acceptors (Lipinski definition) is 6. The maximum absolute atomic E-state index is 13.0. The number of hydrogen-bond donors (Lipinski definition) is 2. The summed E-state index contributed by atoms with van der Waals surface area (Å²) >= 11 is 3.62. The van der Waals surface area contributed by atoms with Gasteiger partial charge in [-0.05, 0) is 48.7 Å². The van der Waals surface area contributed by atoms with Crippen LogP contribution in [0, 0.1) is 23.7 Å². The Hall–Kier alpha value is -3.07. The van der Waals surface area contributed by atoms with E-state index in [0.717, 1.165) is 6.42 Å². The van der Waals surface area contributed by atoms with Crippen LogP contribution in [0.3, 0.4) is 0 Å². The first-order valence-corrected chi connectivity index (χ1v) is 11.6. The van der Waals surface area contributed by atoms with Crippen molar-refractivity contribution in [3.05, 3.63) is 48.0 Å². The summed E-state index contributed by atoms with van der Waals surface area (Å²) in [7, 11) is 3.07. The lowest BCUT2D eigenvalue weighted by Crippen LogP contribution is -2.40. The van der Waals surface area contributed by atoms with E-state index in [4.69, 9.17) is 14.2 Å². The Kier molecular flexibility index (Phi) is 5.52. The molecule has 2 aromatic rings. The first-order chi connectivity index (χ1) is 15.9. The topological polar surface area (TPSA) is 103 Å². The van der Waals surface area contributed by atoms with E-state index >= 15 is 0 Å². The van der Waals surface area contributed by atoms with E-state index in [2.05, 4.69) is 26.6 Å². The summed E-state index contributed by atoms with van der Waals surface area (Å²) in [6.07, 6.45) is 0.708. The van der Waals surface area contributed by atoms with Crippen molar-refractivity contribution in [2.24, 2.45) is 23.7 Å². The van der Waals surface area contributed by atoms with E-state index in [-0.39, 0.29) is 46.5 Å². The van der Waals surface area contributed by atoms with Crippen molar-refractivity contribution in [3.63, 3.8) is 0 Å². The Morgan fingerprint density at radius 3 is 2.48 bits per heavy atom. The predicted octanol–water partition coefficient (Wildman–Crippen LogP) is 3.47. The first kappa shape index (κ1) is 21.8. The van der Waals surface area contributed by atoms with Crippen molar-refractivity contribution in [1.82, 2.24) is 0 Å². The van der Waals surface area contributed by atoms with Gasteiger partial charge in [0.25, 0.3) is 5.91 Å². The third-order valence-corrected chi connectivity index (χ3v) is 8.10. The molecular weight excluding hydrogens is 492 g/mol. The van der Waals surface area contributed by atoms with Gasteiger partial charge < -0.3 is 24.8 Å². The van der Waals surface area contributed by atoms with Crippen LogP contribution in [0.15, 0.2) is 42.5 Å². The molecule has 0 radical (unpaired) electrons. The molecule has 6 atom stereocenters. The molecule has 8 nitrogen and oxygen atoms in total. The number of halogens is 1. The van der Waals surface area contributed by atoms with Crippen molar-refractivity contribution in [3.8, 4) is 11.5 Å². The van der Waals surface area contributed by atoms with Gasteiger partial charge in [0.05, 0.1) is 36.6 Å². The summed E-state index contributed by atoms with van der Waals surface area (Å²) in [6, 6.07) is 11.7. The van der Waals surface area contributed by atoms with Crippen LogP contribution in [0.2, 0.25) is 0 Å². The molecule has 5 rings (SSSR count). The van der Waals surface area contributed by atoms with Gasteiger partial charge in [-0.3, -0.25) is 14.4 Å². The molecule has 2 aliphatic carbocycles. The van der Waals surface area contributed by atoms with E-state index in [9.17, 15) is 14.4 Å². The predicted molar refractivity (Wildman–Crippen MR) is 124 cm³/mol. The zero-order valence-corrected chi connectivity index (χ0v) is 19.6. The van der Waals surface area contributed by atoms with Crippen LogP contribution in [0.1, 0.15) is 16.8 Å². The number of methoxy groups -OCH3 is 2. The normalized spacial score (nSPS) is 28.9. The van der Waals surface area contributed by atoms with Crippen molar-refractivity contribution >= 4 is 45.1 Å². The summed E-state index contributed by atoms with van der Waals surface area (Å²) < 4.78 is 16.0. The van der Waals surface area contributed by atoms with Crippen LogP contribution in [0.25, 0.3) is 0 Å². The van der Waals surface area contributed by atoms with Crippen molar-refractivity contribution in [1.29, 1.82) is 0 Å². The highest BCUT2D eigenvalue weighted by molar-refractivity contribution is 9.09. The van der Waals surface area contributed by atoms with Gasteiger partial charge in [0.2, 0.25) is 5.91 Å². The molecule has 0 aromatic heterocycles. The van der Waals surface area contributed by atoms with Crippen molar-refractivity contribution in [2.75, 3.05) is 24.9 Å². The molecule has 9 heteroatoms. The Morgan fingerprint density at radius 1 is 1.03 bits per heavy atom. The summed E-state index contributed by atoms with van der Waals surface area (Å²) in [6.45, 7) is 0. The summed E-state index contributed by atoms with van der Waals surface area (Å²) in [4.78, 5) is 38.0. The van der Waals surface area contributed by atoms with Gasteiger partial charge >= 0.3 is 5.97 Å².